The van der Waals surface area contributed by atoms with Gasteiger partial charge in [0.2, 0.25) is 0 Å². The Kier molecular flexibility index (Phi) is 3.87. The molecule has 0 radical (unpaired) electrons. The number of aromatic carboxylic acids is 1. The highest BCUT2D eigenvalue weighted by atomic mass is 32.1. The highest BCUT2D eigenvalue weighted by molar-refractivity contribution is 7.12. The van der Waals surface area contributed by atoms with Gasteiger partial charge in [-0.2, -0.15) is 5.10 Å². The molecule has 3 rings (SSSR count). The SMILES string of the molecule is Cc1nn2c(C)cccc2c1C(=O)NCc1ccsc1C(=O)O. The largest absolute Gasteiger partial charge is 0.477 e. The van der Waals surface area contributed by atoms with Gasteiger partial charge in [0.25, 0.3) is 5.91 Å². The van der Waals surface area contributed by atoms with Crippen molar-refractivity contribution in [1.82, 2.24) is 14.9 Å². The Balaban J connectivity index is 1.87. The van der Waals surface area contributed by atoms with E-state index in [0.29, 0.717) is 16.8 Å². The number of fused-ring (bicyclic) bond motifs is 1. The second kappa shape index (κ2) is 5.85. The second-order valence-corrected chi connectivity index (χ2v) is 6.10. The lowest BCUT2D eigenvalue weighted by atomic mass is 10.1. The summed E-state index contributed by atoms with van der Waals surface area (Å²) in [5.74, 6) is -1.24. The molecule has 0 saturated heterocycles. The molecule has 118 valence electrons. The first-order valence-corrected chi connectivity index (χ1v) is 7.90. The summed E-state index contributed by atoms with van der Waals surface area (Å²) in [5.41, 5.74) is 3.43. The molecule has 0 aliphatic rings. The van der Waals surface area contributed by atoms with Gasteiger partial charge in [0.1, 0.15) is 4.88 Å². The van der Waals surface area contributed by atoms with Crippen molar-refractivity contribution >= 4 is 28.7 Å². The molecule has 7 heteroatoms. The smallest absolute Gasteiger partial charge is 0.346 e. The molecule has 0 saturated carbocycles. The number of pyridine rings is 1. The Labute approximate surface area is 136 Å². The van der Waals surface area contributed by atoms with Crippen LogP contribution in [0.3, 0.4) is 0 Å². The number of amides is 1. The maximum atomic E-state index is 12.5. The van der Waals surface area contributed by atoms with E-state index in [4.69, 9.17) is 5.11 Å². The molecule has 3 aromatic rings. The van der Waals surface area contributed by atoms with Crippen LogP contribution in [0, 0.1) is 13.8 Å². The van der Waals surface area contributed by atoms with Gasteiger partial charge in [-0.05, 0) is 43.0 Å². The third kappa shape index (κ3) is 2.70. The van der Waals surface area contributed by atoms with E-state index in [1.54, 1.807) is 22.9 Å². The molecule has 2 N–H and O–H groups in total. The minimum atomic E-state index is -0.980. The summed E-state index contributed by atoms with van der Waals surface area (Å²) in [6, 6.07) is 7.35. The van der Waals surface area contributed by atoms with Crippen molar-refractivity contribution in [2.45, 2.75) is 20.4 Å². The third-order valence-electron chi connectivity index (χ3n) is 3.63. The molecule has 3 aromatic heterocycles. The van der Waals surface area contributed by atoms with Gasteiger partial charge < -0.3 is 10.4 Å². The third-order valence-corrected chi connectivity index (χ3v) is 4.57. The van der Waals surface area contributed by atoms with Crippen LogP contribution >= 0.6 is 11.3 Å². The normalized spacial score (nSPS) is 10.9. The summed E-state index contributed by atoms with van der Waals surface area (Å²) in [6.07, 6.45) is 0. The van der Waals surface area contributed by atoms with E-state index in [1.807, 2.05) is 25.1 Å². The zero-order valence-electron chi connectivity index (χ0n) is 12.7. The van der Waals surface area contributed by atoms with Crippen LogP contribution in [-0.2, 0) is 6.54 Å². The zero-order valence-corrected chi connectivity index (χ0v) is 13.5. The number of carboxylic acids is 1. The number of thiophene rings is 1. The monoisotopic (exact) mass is 329 g/mol. The Morgan fingerprint density at radius 3 is 2.83 bits per heavy atom. The quantitative estimate of drug-likeness (QED) is 0.771. The predicted octanol–water partition coefficient (Wildman–Crippen LogP) is 2.64. The van der Waals surface area contributed by atoms with Crippen LogP contribution in [0.25, 0.3) is 5.52 Å². The number of carboxylic acid groups (broad SMARTS) is 1. The van der Waals surface area contributed by atoms with Crippen molar-refractivity contribution in [3.05, 3.63) is 57.0 Å². The molecule has 0 fully saturated rings. The Morgan fingerprint density at radius 1 is 1.30 bits per heavy atom. The number of rotatable bonds is 4. The van der Waals surface area contributed by atoms with E-state index in [9.17, 15) is 9.59 Å². The van der Waals surface area contributed by atoms with Crippen molar-refractivity contribution in [2.24, 2.45) is 0 Å². The zero-order chi connectivity index (χ0) is 16.6. The molecule has 0 aromatic carbocycles. The van der Waals surface area contributed by atoms with Gasteiger partial charge in [0, 0.05) is 12.2 Å². The maximum Gasteiger partial charge on any atom is 0.346 e. The van der Waals surface area contributed by atoms with E-state index in [2.05, 4.69) is 10.4 Å². The molecule has 0 bridgehead atoms. The van der Waals surface area contributed by atoms with Gasteiger partial charge >= 0.3 is 5.97 Å². The minimum absolute atomic E-state index is 0.173. The number of carbonyl (C=O) groups is 2. The van der Waals surface area contributed by atoms with Gasteiger partial charge in [-0.1, -0.05) is 6.07 Å². The van der Waals surface area contributed by atoms with Crippen LogP contribution in [0.4, 0.5) is 0 Å². The standard InChI is InChI=1S/C16H15N3O3S/c1-9-4-3-5-12-13(10(2)18-19(9)12)15(20)17-8-11-6-7-23-14(11)16(21)22/h3-7H,8H2,1-2H3,(H,17,20)(H,21,22). The van der Waals surface area contributed by atoms with Crippen LogP contribution in [0.15, 0.2) is 29.6 Å². The lowest BCUT2D eigenvalue weighted by Gasteiger charge is -2.05. The summed E-state index contributed by atoms with van der Waals surface area (Å²) >= 11 is 1.15. The first-order valence-electron chi connectivity index (χ1n) is 7.02. The van der Waals surface area contributed by atoms with Crippen molar-refractivity contribution in [1.29, 1.82) is 0 Å². The van der Waals surface area contributed by atoms with Crippen molar-refractivity contribution in [3.63, 3.8) is 0 Å². The van der Waals surface area contributed by atoms with Crippen LogP contribution in [-0.4, -0.2) is 26.6 Å². The predicted molar refractivity (Wildman–Crippen MR) is 87.1 cm³/mol. The van der Waals surface area contributed by atoms with E-state index in [1.165, 1.54) is 0 Å². The summed E-state index contributed by atoms with van der Waals surface area (Å²) in [7, 11) is 0. The second-order valence-electron chi connectivity index (χ2n) is 5.19. The Hall–Kier alpha value is -2.67. The summed E-state index contributed by atoms with van der Waals surface area (Å²) in [4.78, 5) is 23.9. The average molecular weight is 329 g/mol. The van der Waals surface area contributed by atoms with Gasteiger partial charge in [0.15, 0.2) is 0 Å². The topological polar surface area (TPSA) is 83.7 Å². The Morgan fingerprint density at radius 2 is 2.09 bits per heavy atom. The van der Waals surface area contributed by atoms with Crippen LogP contribution in [0.2, 0.25) is 0 Å². The molecule has 0 aliphatic heterocycles. The minimum Gasteiger partial charge on any atom is -0.477 e. The molecule has 0 unspecified atom stereocenters. The molecule has 0 spiro atoms. The first-order chi connectivity index (χ1) is 11.0. The van der Waals surface area contributed by atoms with Gasteiger partial charge in [-0.15, -0.1) is 11.3 Å². The van der Waals surface area contributed by atoms with Crippen LogP contribution in [0.1, 0.15) is 37.0 Å². The molecule has 3 heterocycles. The van der Waals surface area contributed by atoms with Crippen molar-refractivity contribution in [3.8, 4) is 0 Å². The summed E-state index contributed by atoms with van der Waals surface area (Å²) in [5, 5.41) is 18.0. The lowest BCUT2D eigenvalue weighted by Crippen LogP contribution is -2.24. The summed E-state index contributed by atoms with van der Waals surface area (Å²) < 4.78 is 1.73. The molecule has 6 nitrogen and oxygen atoms in total. The number of carbonyl (C=O) groups excluding carboxylic acids is 1. The fourth-order valence-electron chi connectivity index (χ4n) is 2.52. The first kappa shape index (κ1) is 15.2. The van der Waals surface area contributed by atoms with Crippen LogP contribution in [0.5, 0.6) is 0 Å². The Bertz CT molecular complexity index is 911. The highest BCUT2D eigenvalue weighted by Gasteiger charge is 2.18. The molecule has 0 aliphatic carbocycles. The highest BCUT2D eigenvalue weighted by Crippen LogP contribution is 2.19. The average Bonchev–Trinajstić information content (AvgIpc) is 3.09. The van der Waals surface area contributed by atoms with Crippen molar-refractivity contribution in [2.75, 3.05) is 0 Å². The number of aryl methyl sites for hydroxylation is 2. The molecule has 23 heavy (non-hydrogen) atoms. The van der Waals surface area contributed by atoms with E-state index >= 15 is 0 Å². The van der Waals surface area contributed by atoms with Crippen molar-refractivity contribution < 1.29 is 14.7 Å². The molecular weight excluding hydrogens is 314 g/mol. The van der Waals surface area contributed by atoms with Gasteiger partial charge in [0.05, 0.1) is 16.8 Å². The lowest BCUT2D eigenvalue weighted by molar-refractivity contribution is 0.0700. The van der Waals surface area contributed by atoms with E-state index in [-0.39, 0.29) is 17.3 Å². The fraction of sp³-hybridized carbons (Fsp3) is 0.188. The molecule has 0 atom stereocenters. The number of hydrogen-bond acceptors (Lipinski definition) is 4. The fourth-order valence-corrected chi connectivity index (χ4v) is 3.28. The van der Waals surface area contributed by atoms with Gasteiger partial charge in [-0.3, -0.25) is 4.79 Å². The van der Waals surface area contributed by atoms with E-state index < -0.39 is 5.97 Å². The number of nitrogens with one attached hydrogen (secondary N) is 1. The summed E-state index contributed by atoms with van der Waals surface area (Å²) in [6.45, 7) is 3.88. The van der Waals surface area contributed by atoms with E-state index in [0.717, 1.165) is 22.5 Å². The molecular formula is C16H15N3O3S. The maximum absolute atomic E-state index is 12.5. The number of aromatic nitrogens is 2. The van der Waals surface area contributed by atoms with Gasteiger partial charge in [-0.25, -0.2) is 9.31 Å². The molecule has 1 amide bonds. The number of hydrogen-bond donors (Lipinski definition) is 2. The number of nitrogens with zero attached hydrogens (tertiary/aromatic N) is 2. The van der Waals surface area contributed by atoms with Crippen LogP contribution < -0.4 is 5.32 Å².